The lowest BCUT2D eigenvalue weighted by Crippen LogP contribution is -2.36. The number of benzene rings is 1. The van der Waals surface area contributed by atoms with Crippen LogP contribution in [0.25, 0.3) is 5.69 Å². The monoisotopic (exact) mass is 451 g/mol. The number of aromatic nitrogens is 2. The van der Waals surface area contributed by atoms with Crippen LogP contribution in [0.4, 0.5) is 0 Å². The molecular formula is C18H22IN5O. The number of guanidine groups is 1. The van der Waals surface area contributed by atoms with E-state index in [0.717, 1.165) is 29.5 Å². The lowest BCUT2D eigenvalue weighted by atomic mass is 10.3. The number of furan rings is 1. The van der Waals surface area contributed by atoms with Crippen molar-refractivity contribution in [2.75, 3.05) is 6.54 Å². The summed E-state index contributed by atoms with van der Waals surface area (Å²) >= 11 is 0. The zero-order chi connectivity index (χ0) is 16.6. The molecule has 3 rings (SSSR count). The van der Waals surface area contributed by atoms with E-state index in [0.29, 0.717) is 13.1 Å². The van der Waals surface area contributed by atoms with Crippen molar-refractivity contribution in [2.45, 2.75) is 20.0 Å². The molecule has 0 aliphatic heterocycles. The number of hydrogen-bond acceptors (Lipinski definition) is 3. The first-order valence-electron chi connectivity index (χ1n) is 7.98. The first kappa shape index (κ1) is 19.0. The van der Waals surface area contributed by atoms with Crippen LogP contribution in [0.1, 0.15) is 18.2 Å². The second-order valence-electron chi connectivity index (χ2n) is 5.26. The second-order valence-corrected chi connectivity index (χ2v) is 5.26. The van der Waals surface area contributed by atoms with Gasteiger partial charge in [0.15, 0.2) is 5.96 Å². The third kappa shape index (κ3) is 5.63. The van der Waals surface area contributed by atoms with E-state index < -0.39 is 0 Å². The molecule has 0 spiro atoms. The Hall–Kier alpha value is -2.29. The Kier molecular flexibility index (Phi) is 7.52. The summed E-state index contributed by atoms with van der Waals surface area (Å²) < 4.78 is 7.17. The maximum atomic E-state index is 5.32. The highest BCUT2D eigenvalue weighted by Crippen LogP contribution is 2.08. The van der Waals surface area contributed by atoms with Crippen molar-refractivity contribution < 1.29 is 4.42 Å². The average Bonchev–Trinajstić information content (AvgIpc) is 3.30. The van der Waals surface area contributed by atoms with Crippen molar-refractivity contribution in [3.63, 3.8) is 0 Å². The minimum atomic E-state index is 0. The van der Waals surface area contributed by atoms with E-state index in [1.54, 1.807) is 6.26 Å². The Bertz CT molecular complexity index is 768. The summed E-state index contributed by atoms with van der Waals surface area (Å²) in [7, 11) is 0. The molecule has 0 atom stereocenters. The van der Waals surface area contributed by atoms with Gasteiger partial charge in [-0.2, -0.15) is 5.10 Å². The minimum Gasteiger partial charge on any atom is -0.467 e. The third-order valence-electron chi connectivity index (χ3n) is 3.43. The number of para-hydroxylation sites is 1. The molecule has 0 aliphatic carbocycles. The van der Waals surface area contributed by atoms with Crippen LogP contribution >= 0.6 is 24.0 Å². The molecule has 25 heavy (non-hydrogen) atoms. The van der Waals surface area contributed by atoms with Gasteiger partial charge in [-0.3, -0.25) is 0 Å². The molecule has 2 heterocycles. The van der Waals surface area contributed by atoms with Gasteiger partial charge in [-0.25, -0.2) is 9.67 Å². The van der Waals surface area contributed by atoms with Gasteiger partial charge < -0.3 is 15.1 Å². The van der Waals surface area contributed by atoms with Gasteiger partial charge in [-0.15, -0.1) is 24.0 Å². The van der Waals surface area contributed by atoms with Gasteiger partial charge in [0.05, 0.1) is 31.2 Å². The Morgan fingerprint density at radius 3 is 2.72 bits per heavy atom. The quantitative estimate of drug-likeness (QED) is 0.343. The van der Waals surface area contributed by atoms with Gasteiger partial charge in [0.1, 0.15) is 5.76 Å². The molecule has 3 aromatic rings. The van der Waals surface area contributed by atoms with E-state index in [9.17, 15) is 0 Å². The molecule has 0 saturated carbocycles. The number of rotatable bonds is 6. The summed E-state index contributed by atoms with van der Waals surface area (Å²) in [4.78, 5) is 4.59. The van der Waals surface area contributed by atoms with Crippen LogP contribution in [0, 0.1) is 0 Å². The van der Waals surface area contributed by atoms with E-state index in [1.807, 2.05) is 66.5 Å². The fraction of sp³-hybridized carbons (Fsp3) is 0.222. The molecule has 0 saturated heterocycles. The van der Waals surface area contributed by atoms with Crippen LogP contribution in [0.15, 0.2) is 70.5 Å². The predicted molar refractivity (Wildman–Crippen MR) is 109 cm³/mol. The van der Waals surface area contributed by atoms with E-state index in [1.165, 1.54) is 0 Å². The Labute approximate surface area is 164 Å². The Morgan fingerprint density at radius 2 is 2.00 bits per heavy atom. The zero-order valence-corrected chi connectivity index (χ0v) is 16.4. The largest absolute Gasteiger partial charge is 0.467 e. The summed E-state index contributed by atoms with van der Waals surface area (Å²) in [5.41, 5.74) is 2.09. The summed E-state index contributed by atoms with van der Waals surface area (Å²) in [5, 5.41) is 10.9. The number of halogens is 1. The van der Waals surface area contributed by atoms with E-state index in [4.69, 9.17) is 4.42 Å². The molecule has 2 N–H and O–H groups in total. The molecule has 0 amide bonds. The Morgan fingerprint density at radius 1 is 1.16 bits per heavy atom. The molecule has 0 unspecified atom stereocenters. The zero-order valence-electron chi connectivity index (χ0n) is 14.1. The van der Waals surface area contributed by atoms with E-state index in [-0.39, 0.29) is 24.0 Å². The number of nitrogens with one attached hydrogen (secondary N) is 2. The predicted octanol–water partition coefficient (Wildman–Crippen LogP) is 3.34. The smallest absolute Gasteiger partial charge is 0.191 e. The number of hydrogen-bond donors (Lipinski definition) is 2. The lowest BCUT2D eigenvalue weighted by Gasteiger charge is -2.09. The highest BCUT2D eigenvalue weighted by Gasteiger charge is 2.02. The van der Waals surface area contributed by atoms with Gasteiger partial charge in [0.2, 0.25) is 0 Å². The van der Waals surface area contributed by atoms with Gasteiger partial charge in [0.25, 0.3) is 0 Å². The molecular weight excluding hydrogens is 429 g/mol. The molecule has 2 aromatic heterocycles. The molecule has 132 valence electrons. The van der Waals surface area contributed by atoms with Gasteiger partial charge in [-0.05, 0) is 31.2 Å². The highest BCUT2D eigenvalue weighted by atomic mass is 127. The first-order valence-corrected chi connectivity index (χ1v) is 7.98. The van der Waals surface area contributed by atoms with Crippen molar-refractivity contribution in [1.29, 1.82) is 0 Å². The second kappa shape index (κ2) is 9.87. The standard InChI is InChI=1S/C18H21N5O.HI/c1-2-19-18(21-13-17-9-6-10-24-17)20-11-15-12-22-23(14-15)16-7-4-3-5-8-16;/h3-10,12,14H,2,11,13H2,1H3,(H2,19,20,21);1H. The van der Waals surface area contributed by atoms with Crippen LogP contribution in [-0.4, -0.2) is 22.3 Å². The van der Waals surface area contributed by atoms with Crippen LogP contribution < -0.4 is 10.6 Å². The maximum absolute atomic E-state index is 5.32. The van der Waals surface area contributed by atoms with Gasteiger partial charge in [-0.1, -0.05) is 18.2 Å². The van der Waals surface area contributed by atoms with Crippen molar-refractivity contribution in [3.8, 4) is 5.69 Å². The Balaban J connectivity index is 0.00000225. The fourth-order valence-corrected chi connectivity index (χ4v) is 2.26. The van der Waals surface area contributed by atoms with Crippen LogP contribution in [-0.2, 0) is 13.1 Å². The summed E-state index contributed by atoms with van der Waals surface area (Å²) in [6.45, 7) is 3.99. The topological polar surface area (TPSA) is 67.4 Å². The normalized spacial score (nSPS) is 11.0. The van der Waals surface area contributed by atoms with Crippen molar-refractivity contribution in [1.82, 2.24) is 20.4 Å². The molecule has 7 heteroatoms. The average molecular weight is 451 g/mol. The van der Waals surface area contributed by atoms with Crippen molar-refractivity contribution in [3.05, 3.63) is 72.4 Å². The summed E-state index contributed by atoms with van der Waals surface area (Å²) in [5.74, 6) is 1.62. The van der Waals surface area contributed by atoms with E-state index >= 15 is 0 Å². The van der Waals surface area contributed by atoms with Crippen LogP contribution in [0.3, 0.4) is 0 Å². The molecule has 0 bridgehead atoms. The third-order valence-corrected chi connectivity index (χ3v) is 3.43. The first-order chi connectivity index (χ1) is 11.8. The lowest BCUT2D eigenvalue weighted by molar-refractivity contribution is 0.501. The van der Waals surface area contributed by atoms with Crippen molar-refractivity contribution >= 4 is 29.9 Å². The fourth-order valence-electron chi connectivity index (χ4n) is 2.26. The number of nitrogens with zero attached hydrogens (tertiary/aromatic N) is 3. The molecule has 1 aromatic carbocycles. The van der Waals surface area contributed by atoms with Crippen LogP contribution in [0.2, 0.25) is 0 Å². The molecule has 0 radical (unpaired) electrons. The highest BCUT2D eigenvalue weighted by molar-refractivity contribution is 14.0. The molecule has 0 fully saturated rings. The number of aliphatic imine (C=N–C) groups is 1. The summed E-state index contributed by atoms with van der Waals surface area (Å²) in [6.07, 6.45) is 5.50. The summed E-state index contributed by atoms with van der Waals surface area (Å²) in [6, 6.07) is 13.8. The van der Waals surface area contributed by atoms with E-state index in [2.05, 4.69) is 20.7 Å². The van der Waals surface area contributed by atoms with Crippen molar-refractivity contribution in [2.24, 2.45) is 4.99 Å². The van der Waals surface area contributed by atoms with Gasteiger partial charge in [0, 0.05) is 18.3 Å². The maximum Gasteiger partial charge on any atom is 0.191 e. The van der Waals surface area contributed by atoms with Crippen LogP contribution in [0.5, 0.6) is 0 Å². The molecule has 6 nitrogen and oxygen atoms in total. The SMILES string of the molecule is CCNC(=NCc1cnn(-c2ccccc2)c1)NCc1ccco1.I. The minimum absolute atomic E-state index is 0. The van der Waals surface area contributed by atoms with Gasteiger partial charge >= 0.3 is 0 Å². The molecule has 0 aliphatic rings.